The summed E-state index contributed by atoms with van der Waals surface area (Å²) in [6, 6.07) is 7.86. The monoisotopic (exact) mass is 336 g/mol. The highest BCUT2D eigenvalue weighted by molar-refractivity contribution is 9.10. The largest absolute Gasteiger partial charge is 0.490 e. The Balaban J connectivity index is 2.24. The maximum absolute atomic E-state index is 5.41. The van der Waals surface area contributed by atoms with Gasteiger partial charge in [-0.25, -0.2) is 9.97 Å². The van der Waals surface area contributed by atoms with Gasteiger partial charge in [0, 0.05) is 16.7 Å². The van der Waals surface area contributed by atoms with Crippen molar-refractivity contribution in [1.82, 2.24) is 9.97 Å². The Hall–Kier alpha value is -1.82. The predicted molar refractivity (Wildman–Crippen MR) is 84.8 cm³/mol. The molecule has 1 aromatic carbocycles. The number of benzene rings is 1. The first-order valence-corrected chi connectivity index (χ1v) is 7.19. The van der Waals surface area contributed by atoms with Gasteiger partial charge in [-0.1, -0.05) is 22.9 Å². The molecule has 0 saturated carbocycles. The van der Waals surface area contributed by atoms with Crippen LogP contribution in [0, 0.1) is 0 Å². The molecular weight excluding hydrogens is 320 g/mol. The van der Waals surface area contributed by atoms with Crippen LogP contribution >= 0.6 is 15.9 Å². The van der Waals surface area contributed by atoms with E-state index in [0.717, 1.165) is 23.1 Å². The molecule has 2 aromatic rings. The average molecular weight is 337 g/mol. The maximum atomic E-state index is 5.41. The van der Waals surface area contributed by atoms with Gasteiger partial charge in [0.15, 0.2) is 11.6 Å². The van der Waals surface area contributed by atoms with Gasteiger partial charge < -0.3 is 15.4 Å². The smallest absolute Gasteiger partial charge is 0.204 e. The van der Waals surface area contributed by atoms with Gasteiger partial charge in [-0.05, 0) is 30.7 Å². The lowest BCUT2D eigenvalue weighted by Crippen LogP contribution is -2.07. The van der Waals surface area contributed by atoms with Crippen LogP contribution in [-0.2, 0) is 0 Å². The first-order valence-electron chi connectivity index (χ1n) is 6.40. The summed E-state index contributed by atoms with van der Waals surface area (Å²) in [5.41, 5.74) is 0.937. The van der Waals surface area contributed by atoms with Crippen LogP contribution in [0.1, 0.15) is 13.3 Å². The van der Waals surface area contributed by atoms with Gasteiger partial charge >= 0.3 is 0 Å². The van der Waals surface area contributed by atoms with Crippen molar-refractivity contribution in [1.29, 1.82) is 0 Å². The van der Waals surface area contributed by atoms with Crippen molar-refractivity contribution >= 4 is 33.3 Å². The van der Waals surface area contributed by atoms with E-state index < -0.39 is 0 Å². The van der Waals surface area contributed by atoms with Crippen molar-refractivity contribution in [2.24, 2.45) is 0 Å². The Labute approximate surface area is 126 Å². The molecule has 1 heterocycles. The highest BCUT2D eigenvalue weighted by Crippen LogP contribution is 2.31. The predicted octanol–water partition coefficient (Wildman–Crippen LogP) is 3.81. The molecule has 0 amide bonds. The van der Waals surface area contributed by atoms with E-state index in [-0.39, 0.29) is 0 Å². The highest BCUT2D eigenvalue weighted by atomic mass is 79.9. The van der Waals surface area contributed by atoms with E-state index >= 15 is 0 Å². The van der Waals surface area contributed by atoms with Gasteiger partial charge in [-0.15, -0.1) is 0 Å². The molecule has 0 bridgehead atoms. The van der Waals surface area contributed by atoms with E-state index in [4.69, 9.17) is 4.74 Å². The molecule has 0 atom stereocenters. The summed E-state index contributed by atoms with van der Waals surface area (Å²) in [5.74, 6) is 1.95. The van der Waals surface area contributed by atoms with Crippen LogP contribution in [0.2, 0.25) is 0 Å². The standard InChI is InChI=1S/C14H17BrN4O/c1-3-8-16-13-12(20-2)14(18-9-17-13)19-11-6-4-10(15)5-7-11/h4-7,9H,3,8H2,1-2H3,(H2,16,17,18,19). The Bertz CT molecular complexity index is 560. The van der Waals surface area contributed by atoms with Crippen LogP contribution < -0.4 is 15.4 Å². The average Bonchev–Trinajstić information content (AvgIpc) is 2.47. The normalized spacial score (nSPS) is 10.2. The summed E-state index contributed by atoms with van der Waals surface area (Å²) in [6.07, 6.45) is 2.53. The second-order valence-corrected chi connectivity index (χ2v) is 5.08. The molecule has 0 fully saturated rings. The number of nitrogens with zero attached hydrogens (tertiary/aromatic N) is 2. The van der Waals surface area contributed by atoms with Gasteiger partial charge in [0.2, 0.25) is 5.75 Å². The van der Waals surface area contributed by atoms with Crippen LogP contribution in [0.25, 0.3) is 0 Å². The molecule has 1 aromatic heterocycles. The first-order chi connectivity index (χ1) is 9.74. The molecular formula is C14H17BrN4O. The van der Waals surface area contributed by atoms with E-state index in [2.05, 4.69) is 43.5 Å². The van der Waals surface area contributed by atoms with Gasteiger partial charge in [-0.2, -0.15) is 0 Å². The summed E-state index contributed by atoms with van der Waals surface area (Å²) >= 11 is 3.41. The molecule has 0 spiro atoms. The minimum absolute atomic E-state index is 0.615. The van der Waals surface area contributed by atoms with E-state index in [1.807, 2.05) is 24.3 Å². The molecule has 6 heteroatoms. The van der Waals surface area contributed by atoms with Crippen molar-refractivity contribution in [3.63, 3.8) is 0 Å². The molecule has 0 aliphatic rings. The highest BCUT2D eigenvalue weighted by Gasteiger charge is 2.11. The lowest BCUT2D eigenvalue weighted by atomic mass is 10.3. The summed E-state index contributed by atoms with van der Waals surface area (Å²) in [6.45, 7) is 2.94. The molecule has 2 rings (SSSR count). The van der Waals surface area contributed by atoms with Crippen LogP contribution in [0.15, 0.2) is 35.1 Å². The van der Waals surface area contributed by atoms with Gasteiger partial charge in [0.1, 0.15) is 6.33 Å². The maximum Gasteiger partial charge on any atom is 0.204 e. The Morgan fingerprint density at radius 3 is 2.50 bits per heavy atom. The molecule has 0 unspecified atom stereocenters. The SMILES string of the molecule is CCCNc1ncnc(Nc2ccc(Br)cc2)c1OC. The number of rotatable bonds is 6. The van der Waals surface area contributed by atoms with Gasteiger partial charge in [0.05, 0.1) is 7.11 Å². The molecule has 0 saturated heterocycles. The van der Waals surface area contributed by atoms with Gasteiger partial charge in [0.25, 0.3) is 0 Å². The molecule has 0 aliphatic carbocycles. The summed E-state index contributed by atoms with van der Waals surface area (Å²) in [4.78, 5) is 8.45. The number of ether oxygens (including phenoxy) is 1. The molecule has 20 heavy (non-hydrogen) atoms. The number of hydrogen-bond acceptors (Lipinski definition) is 5. The Kier molecular flexibility index (Phi) is 5.17. The second kappa shape index (κ2) is 7.09. The minimum Gasteiger partial charge on any atom is -0.490 e. The lowest BCUT2D eigenvalue weighted by Gasteiger charge is -2.14. The fourth-order valence-corrected chi connectivity index (χ4v) is 1.96. The number of nitrogens with one attached hydrogen (secondary N) is 2. The summed E-state index contributed by atoms with van der Waals surface area (Å²) < 4.78 is 6.44. The lowest BCUT2D eigenvalue weighted by molar-refractivity contribution is 0.415. The zero-order chi connectivity index (χ0) is 14.4. The number of methoxy groups -OCH3 is 1. The van der Waals surface area contributed by atoms with Crippen LogP contribution in [0.4, 0.5) is 17.3 Å². The topological polar surface area (TPSA) is 59.1 Å². The van der Waals surface area contributed by atoms with Crippen molar-refractivity contribution in [2.75, 3.05) is 24.3 Å². The number of anilines is 3. The third kappa shape index (κ3) is 3.60. The quantitative estimate of drug-likeness (QED) is 0.839. The molecule has 0 aliphatic heterocycles. The van der Waals surface area contributed by atoms with E-state index in [9.17, 15) is 0 Å². The summed E-state index contributed by atoms with van der Waals surface area (Å²) in [5, 5.41) is 6.46. The molecule has 0 radical (unpaired) electrons. The number of aromatic nitrogens is 2. The zero-order valence-corrected chi connectivity index (χ0v) is 13.1. The minimum atomic E-state index is 0.615. The van der Waals surface area contributed by atoms with Gasteiger partial charge in [-0.3, -0.25) is 0 Å². The number of halogens is 1. The third-order valence-corrected chi connectivity index (χ3v) is 3.19. The van der Waals surface area contributed by atoms with Crippen molar-refractivity contribution in [3.8, 4) is 5.75 Å². The molecule has 5 nitrogen and oxygen atoms in total. The van der Waals surface area contributed by atoms with Crippen LogP contribution in [0.3, 0.4) is 0 Å². The Morgan fingerprint density at radius 2 is 1.85 bits per heavy atom. The van der Waals surface area contributed by atoms with E-state index in [1.165, 1.54) is 6.33 Å². The van der Waals surface area contributed by atoms with E-state index in [1.54, 1.807) is 7.11 Å². The fourth-order valence-electron chi connectivity index (χ4n) is 1.70. The van der Waals surface area contributed by atoms with E-state index in [0.29, 0.717) is 17.4 Å². The van der Waals surface area contributed by atoms with Crippen molar-refractivity contribution in [2.45, 2.75) is 13.3 Å². The van der Waals surface area contributed by atoms with Crippen molar-refractivity contribution in [3.05, 3.63) is 35.1 Å². The first kappa shape index (κ1) is 14.6. The zero-order valence-electron chi connectivity index (χ0n) is 11.5. The van der Waals surface area contributed by atoms with Crippen LogP contribution in [0.5, 0.6) is 5.75 Å². The Morgan fingerprint density at radius 1 is 1.15 bits per heavy atom. The third-order valence-electron chi connectivity index (χ3n) is 2.66. The molecule has 2 N–H and O–H groups in total. The number of hydrogen-bond donors (Lipinski definition) is 2. The fraction of sp³-hybridized carbons (Fsp3) is 0.286. The van der Waals surface area contributed by atoms with Crippen LogP contribution in [-0.4, -0.2) is 23.6 Å². The van der Waals surface area contributed by atoms with Crippen molar-refractivity contribution < 1.29 is 4.74 Å². The second-order valence-electron chi connectivity index (χ2n) is 4.16. The summed E-state index contributed by atoms with van der Waals surface area (Å²) in [7, 11) is 1.61. The molecule has 106 valence electrons.